The fourth-order valence-corrected chi connectivity index (χ4v) is 7.97. The van der Waals surface area contributed by atoms with E-state index in [2.05, 4.69) is 0 Å². The van der Waals surface area contributed by atoms with E-state index >= 15 is 0 Å². The van der Waals surface area contributed by atoms with Gasteiger partial charge in [-0.05, 0) is 49.5 Å². The molecule has 36 heavy (non-hydrogen) atoms. The van der Waals surface area contributed by atoms with E-state index < -0.39 is 17.1 Å². The van der Waals surface area contributed by atoms with E-state index in [1.807, 2.05) is 6.07 Å². The predicted molar refractivity (Wildman–Crippen MR) is 129 cm³/mol. The first-order valence-corrected chi connectivity index (χ1v) is 13.1. The summed E-state index contributed by atoms with van der Waals surface area (Å²) in [6, 6.07) is 4.73. The molecular formula is C28H33N2O6+. The van der Waals surface area contributed by atoms with Gasteiger partial charge in [0.1, 0.15) is 24.8 Å². The summed E-state index contributed by atoms with van der Waals surface area (Å²) in [6.07, 6.45) is 10.3. The van der Waals surface area contributed by atoms with Gasteiger partial charge in [-0.3, -0.25) is 4.79 Å². The molecule has 3 aliphatic carbocycles. The molecule has 1 unspecified atom stereocenters. The number of phenolic OH excluding ortho intramolecular Hbond substituents is 1. The SMILES string of the molecule is CN(C(=O)C=Cc1ccoc1)[C@H]1CC[C@]2(O)[C@@H]3Cc4ccc(O)c5c4[C@]2(CC[N+]3(O)CC2CC2)[C@@H]1O5. The van der Waals surface area contributed by atoms with Gasteiger partial charge in [0.2, 0.25) is 5.91 Å². The maximum atomic E-state index is 13.2. The van der Waals surface area contributed by atoms with Crippen molar-refractivity contribution in [2.24, 2.45) is 5.92 Å². The number of likely N-dealkylation sites (tertiary alicyclic amines) is 1. The van der Waals surface area contributed by atoms with Gasteiger partial charge in [0, 0.05) is 43.0 Å². The number of quaternary nitrogens is 1. The van der Waals surface area contributed by atoms with Crippen molar-refractivity contribution in [3.05, 3.63) is 53.5 Å². The van der Waals surface area contributed by atoms with Crippen LogP contribution >= 0.6 is 0 Å². The van der Waals surface area contributed by atoms with E-state index in [0.29, 0.717) is 50.4 Å². The number of aromatic hydroxyl groups is 1. The molecule has 1 saturated heterocycles. The Hall–Kier alpha value is -2.81. The van der Waals surface area contributed by atoms with Crippen molar-refractivity contribution >= 4 is 12.0 Å². The Morgan fingerprint density at radius 3 is 2.83 bits per heavy atom. The van der Waals surface area contributed by atoms with Crippen LogP contribution in [0.5, 0.6) is 11.5 Å². The number of ether oxygens (including phenoxy) is 1. The van der Waals surface area contributed by atoms with Crippen molar-refractivity contribution in [3.63, 3.8) is 0 Å². The first-order chi connectivity index (χ1) is 17.3. The Morgan fingerprint density at radius 2 is 2.08 bits per heavy atom. The van der Waals surface area contributed by atoms with Crippen LogP contribution in [0.25, 0.3) is 6.08 Å². The number of likely N-dealkylation sites (N-methyl/N-ethyl adjacent to an activating group) is 1. The number of rotatable bonds is 5. The maximum Gasteiger partial charge on any atom is 0.246 e. The van der Waals surface area contributed by atoms with Gasteiger partial charge in [0.05, 0.1) is 24.0 Å². The number of amides is 1. The molecule has 1 amide bonds. The molecule has 3 N–H and O–H groups in total. The molecule has 1 spiro atoms. The van der Waals surface area contributed by atoms with Crippen molar-refractivity contribution in [1.29, 1.82) is 0 Å². The molecule has 1 aromatic carbocycles. The summed E-state index contributed by atoms with van der Waals surface area (Å²) in [6.45, 7) is 1.21. The minimum Gasteiger partial charge on any atom is -0.504 e. The zero-order valence-corrected chi connectivity index (χ0v) is 20.5. The van der Waals surface area contributed by atoms with E-state index in [1.165, 1.54) is 6.08 Å². The minimum atomic E-state index is -1.18. The minimum absolute atomic E-state index is 0.0687. The van der Waals surface area contributed by atoms with E-state index in [9.17, 15) is 20.2 Å². The second-order valence-corrected chi connectivity index (χ2v) is 11.6. The lowest BCUT2D eigenvalue weighted by Crippen LogP contribution is -2.82. The highest BCUT2D eigenvalue weighted by molar-refractivity contribution is 5.91. The van der Waals surface area contributed by atoms with Crippen molar-refractivity contribution in [2.75, 3.05) is 20.1 Å². The molecule has 8 nitrogen and oxygen atoms in total. The summed E-state index contributed by atoms with van der Waals surface area (Å²) in [7, 11) is 1.78. The second-order valence-electron chi connectivity index (χ2n) is 11.6. The van der Waals surface area contributed by atoms with Crippen LogP contribution in [0.4, 0.5) is 0 Å². The van der Waals surface area contributed by atoms with Crippen LogP contribution in [-0.4, -0.2) is 74.8 Å². The molecule has 7 rings (SSSR count). The van der Waals surface area contributed by atoms with Gasteiger partial charge < -0.3 is 24.3 Å². The topological polar surface area (TPSA) is 103 Å². The van der Waals surface area contributed by atoms with Gasteiger partial charge in [-0.25, -0.2) is 5.21 Å². The molecule has 190 valence electrons. The van der Waals surface area contributed by atoms with Gasteiger partial charge in [-0.2, -0.15) is 4.65 Å². The zero-order chi connectivity index (χ0) is 24.9. The molecule has 1 aromatic heterocycles. The Labute approximate surface area is 209 Å². The highest BCUT2D eigenvalue weighted by Gasteiger charge is 2.77. The van der Waals surface area contributed by atoms with Gasteiger partial charge in [0.15, 0.2) is 17.5 Å². The third kappa shape index (κ3) is 2.83. The highest BCUT2D eigenvalue weighted by atomic mass is 16.6. The maximum absolute atomic E-state index is 13.2. The van der Waals surface area contributed by atoms with Crippen molar-refractivity contribution in [3.8, 4) is 11.5 Å². The average Bonchev–Trinajstić information content (AvgIpc) is 3.36. The van der Waals surface area contributed by atoms with Crippen molar-refractivity contribution in [1.82, 2.24) is 4.90 Å². The number of piperidine rings is 1. The zero-order valence-electron chi connectivity index (χ0n) is 20.5. The van der Waals surface area contributed by atoms with Gasteiger partial charge >= 0.3 is 0 Å². The number of carbonyl (C=O) groups excluding carboxylic acids is 1. The highest BCUT2D eigenvalue weighted by Crippen LogP contribution is 2.66. The van der Waals surface area contributed by atoms with Crippen molar-refractivity contribution < 1.29 is 34.0 Å². The van der Waals surface area contributed by atoms with E-state index in [-0.39, 0.29) is 28.4 Å². The summed E-state index contributed by atoms with van der Waals surface area (Å²) < 4.78 is 11.5. The number of hydroxylamine groups is 3. The predicted octanol–water partition coefficient (Wildman–Crippen LogP) is 2.99. The Balaban J connectivity index is 1.30. The molecule has 3 heterocycles. The first kappa shape index (κ1) is 22.4. The molecule has 2 aliphatic heterocycles. The van der Waals surface area contributed by atoms with Crippen LogP contribution in [0.3, 0.4) is 0 Å². The first-order valence-electron chi connectivity index (χ1n) is 13.1. The summed E-state index contributed by atoms with van der Waals surface area (Å²) in [4.78, 5) is 14.9. The average molecular weight is 494 g/mol. The summed E-state index contributed by atoms with van der Waals surface area (Å²) >= 11 is 0. The lowest BCUT2D eigenvalue weighted by Gasteiger charge is -2.64. The van der Waals surface area contributed by atoms with E-state index in [0.717, 1.165) is 29.5 Å². The molecule has 8 heteroatoms. The number of aliphatic hydroxyl groups is 1. The second kappa shape index (κ2) is 7.37. The van der Waals surface area contributed by atoms with E-state index in [1.54, 1.807) is 42.7 Å². The van der Waals surface area contributed by atoms with Crippen LogP contribution in [0.2, 0.25) is 0 Å². The van der Waals surface area contributed by atoms with Crippen LogP contribution in [-0.2, 0) is 16.6 Å². The molecule has 0 radical (unpaired) electrons. The molecule has 2 aromatic rings. The summed E-state index contributed by atoms with van der Waals surface area (Å²) in [5.41, 5.74) is 0.769. The third-order valence-electron chi connectivity index (χ3n) is 9.86. The summed E-state index contributed by atoms with van der Waals surface area (Å²) in [5, 5.41) is 35.3. The smallest absolute Gasteiger partial charge is 0.246 e. The normalized spacial score (nSPS) is 38.0. The molecule has 6 atom stereocenters. The number of hydrogen-bond donors (Lipinski definition) is 3. The van der Waals surface area contributed by atoms with Gasteiger partial charge in [0.25, 0.3) is 0 Å². The number of carbonyl (C=O) groups is 1. The number of nitrogens with zero attached hydrogens (tertiary/aromatic N) is 2. The Morgan fingerprint density at radius 1 is 1.25 bits per heavy atom. The fraction of sp³-hybridized carbons (Fsp3) is 0.536. The molecule has 2 saturated carbocycles. The number of phenols is 1. The lowest BCUT2D eigenvalue weighted by atomic mass is 9.48. The monoisotopic (exact) mass is 493 g/mol. The third-order valence-corrected chi connectivity index (χ3v) is 9.86. The number of benzene rings is 1. The summed E-state index contributed by atoms with van der Waals surface area (Å²) in [5.74, 6) is 0.869. The standard InChI is InChI=1S/C28H32N2O6/c1-29(23(32)7-4-18-9-13-35-16-18)20-8-10-28(33)22-14-19-5-6-21(31)25-24(19)27(28,26(20)36-25)11-12-30(22,34)15-17-2-3-17/h4-7,9,13,16-17,20,22,26,33-34H,2-3,8,10-12,14-15H2,1H3/p+1/t20-,22-,26+,27+,28-,30?/m0/s1. The molecular weight excluding hydrogens is 460 g/mol. The fourth-order valence-electron chi connectivity index (χ4n) is 7.97. The van der Waals surface area contributed by atoms with E-state index in [4.69, 9.17) is 9.15 Å². The number of furan rings is 1. The Kier molecular flexibility index (Phi) is 4.58. The van der Waals surface area contributed by atoms with Crippen LogP contribution in [0, 0.1) is 5.92 Å². The number of hydrogen-bond acceptors (Lipinski definition) is 6. The van der Waals surface area contributed by atoms with Crippen LogP contribution < -0.4 is 4.74 Å². The molecule has 5 aliphatic rings. The van der Waals surface area contributed by atoms with Gasteiger partial charge in [-0.15, -0.1) is 0 Å². The Bertz CT molecular complexity index is 1250. The molecule has 2 bridgehead atoms. The van der Waals surface area contributed by atoms with Crippen LogP contribution in [0.1, 0.15) is 48.8 Å². The van der Waals surface area contributed by atoms with Crippen LogP contribution in [0.15, 0.2) is 41.2 Å². The quantitative estimate of drug-likeness (QED) is 0.437. The largest absolute Gasteiger partial charge is 0.504 e. The molecule has 3 fully saturated rings. The van der Waals surface area contributed by atoms with Crippen molar-refractivity contribution in [2.45, 2.75) is 67.7 Å². The lowest BCUT2D eigenvalue weighted by molar-refractivity contribution is -1.13. The van der Waals surface area contributed by atoms with Gasteiger partial charge in [-0.1, -0.05) is 6.07 Å².